The van der Waals surface area contributed by atoms with Gasteiger partial charge in [0.2, 0.25) is 0 Å². The van der Waals surface area contributed by atoms with Crippen molar-refractivity contribution < 1.29 is 8.95 Å². The van der Waals surface area contributed by atoms with Gasteiger partial charge in [-0.15, -0.1) is 0 Å². The summed E-state index contributed by atoms with van der Waals surface area (Å²) in [6.45, 7) is 5.62. The molecule has 0 aromatic rings. The largest absolute Gasteiger partial charge is 0.362 e. The van der Waals surface area contributed by atoms with Crippen molar-refractivity contribution in [2.24, 2.45) is 0 Å². The van der Waals surface area contributed by atoms with Crippen LogP contribution in [0, 0.1) is 4.78 Å². The van der Waals surface area contributed by atoms with Gasteiger partial charge in [0.05, 0.1) is 15.3 Å². The quantitative estimate of drug-likeness (QED) is 0.673. The van der Waals surface area contributed by atoms with Crippen molar-refractivity contribution in [2.75, 3.05) is 12.2 Å². The van der Waals surface area contributed by atoms with Crippen LogP contribution in [0.15, 0.2) is 0 Å². The molecular weight excluding hydrogens is 150 g/mol. The Morgan fingerprint density at radius 1 is 1.50 bits per heavy atom. The van der Waals surface area contributed by atoms with Crippen LogP contribution in [-0.4, -0.2) is 22.0 Å². The molecule has 0 bridgehead atoms. The van der Waals surface area contributed by atoms with Crippen LogP contribution in [-0.2, 0) is 14.5 Å². The van der Waals surface area contributed by atoms with Gasteiger partial charge >= 0.3 is 0 Å². The van der Waals surface area contributed by atoms with Crippen molar-refractivity contribution in [3.05, 3.63) is 0 Å². The molecule has 4 heteroatoms. The van der Waals surface area contributed by atoms with E-state index >= 15 is 0 Å². The average Bonchev–Trinajstić information content (AvgIpc) is 1.57. The van der Waals surface area contributed by atoms with Crippen LogP contribution in [0.5, 0.6) is 0 Å². The molecule has 0 radical (unpaired) electrons. The average molecular weight is 165 g/mol. The molecule has 3 nitrogen and oxygen atoms in total. The Morgan fingerprint density at radius 2 is 1.90 bits per heavy atom. The molecule has 1 N–H and O–H groups in total. The van der Waals surface area contributed by atoms with Crippen molar-refractivity contribution in [3.63, 3.8) is 0 Å². The summed E-state index contributed by atoms with van der Waals surface area (Å²) in [5, 5.41) is 0. The third kappa shape index (κ3) is 7.91. The van der Waals surface area contributed by atoms with Crippen LogP contribution in [0.1, 0.15) is 20.8 Å². The lowest BCUT2D eigenvalue weighted by atomic mass is 10.2. The van der Waals surface area contributed by atoms with Crippen molar-refractivity contribution in [3.8, 4) is 0 Å². The first-order valence-corrected chi connectivity index (χ1v) is 5.20. The van der Waals surface area contributed by atoms with E-state index in [-0.39, 0.29) is 11.5 Å². The maximum Gasteiger partial charge on any atom is 0.130 e. The third-order valence-electron chi connectivity index (χ3n) is 0.717. The van der Waals surface area contributed by atoms with Crippen molar-refractivity contribution in [1.82, 2.24) is 0 Å². The highest BCUT2D eigenvalue weighted by atomic mass is 32.2. The van der Waals surface area contributed by atoms with E-state index in [1.54, 1.807) is 0 Å². The molecule has 0 spiro atoms. The molecule has 0 fully saturated rings. The van der Waals surface area contributed by atoms with Crippen LogP contribution >= 0.6 is 0 Å². The van der Waals surface area contributed by atoms with Gasteiger partial charge in [-0.3, -0.25) is 4.78 Å². The van der Waals surface area contributed by atoms with Gasteiger partial charge in [-0.25, -0.2) is 4.21 Å². The number of rotatable bonds is 2. The number of nitrogens with one attached hydrogen (secondary N) is 1. The second-order valence-electron chi connectivity index (χ2n) is 3.38. The fourth-order valence-electron chi connectivity index (χ4n) is 0.289. The minimum Gasteiger partial charge on any atom is -0.362 e. The van der Waals surface area contributed by atoms with E-state index in [1.807, 2.05) is 20.8 Å². The standard InChI is InChI=1S/C6H15NO2S/c1-6(2,3)9-5-10(4,7)8/h7H,5H2,1-4H3. The van der Waals surface area contributed by atoms with Crippen molar-refractivity contribution in [1.29, 1.82) is 4.78 Å². The number of hydrogen-bond donors (Lipinski definition) is 1. The zero-order valence-electron chi connectivity index (χ0n) is 6.93. The SMILES string of the molecule is CC(C)(C)OCS(C)(=N)=O. The van der Waals surface area contributed by atoms with Crippen LogP contribution in [0.2, 0.25) is 0 Å². The van der Waals surface area contributed by atoms with E-state index in [9.17, 15) is 4.21 Å². The maximum atomic E-state index is 10.8. The van der Waals surface area contributed by atoms with E-state index < -0.39 is 9.73 Å². The molecule has 0 rings (SSSR count). The zero-order chi connectivity index (χ0) is 8.41. The van der Waals surface area contributed by atoms with Crippen LogP contribution in [0.25, 0.3) is 0 Å². The Labute approximate surface area is 62.7 Å². The van der Waals surface area contributed by atoms with E-state index in [0.717, 1.165) is 0 Å². The molecular formula is C6H15NO2S. The molecule has 10 heavy (non-hydrogen) atoms. The molecule has 0 aliphatic carbocycles. The molecule has 0 aromatic carbocycles. The summed E-state index contributed by atoms with van der Waals surface area (Å²) in [4.78, 5) is 0. The summed E-state index contributed by atoms with van der Waals surface area (Å²) in [5.41, 5.74) is -0.292. The highest BCUT2D eigenvalue weighted by molar-refractivity contribution is 7.91. The molecule has 1 atom stereocenters. The van der Waals surface area contributed by atoms with E-state index in [1.165, 1.54) is 6.26 Å². The van der Waals surface area contributed by atoms with Gasteiger partial charge in [-0.2, -0.15) is 0 Å². The van der Waals surface area contributed by atoms with Crippen LogP contribution in [0.3, 0.4) is 0 Å². The van der Waals surface area contributed by atoms with E-state index in [0.29, 0.717) is 0 Å². The summed E-state index contributed by atoms with van der Waals surface area (Å²) >= 11 is 0. The van der Waals surface area contributed by atoms with Crippen molar-refractivity contribution in [2.45, 2.75) is 26.4 Å². The molecule has 0 saturated carbocycles. The van der Waals surface area contributed by atoms with Gasteiger partial charge in [0.25, 0.3) is 0 Å². The first kappa shape index (κ1) is 9.91. The summed E-state index contributed by atoms with van der Waals surface area (Å²) in [6, 6.07) is 0. The summed E-state index contributed by atoms with van der Waals surface area (Å²) < 4.78 is 22.9. The normalized spacial score (nSPS) is 18.4. The van der Waals surface area contributed by atoms with Gasteiger partial charge in [0.15, 0.2) is 0 Å². The zero-order valence-corrected chi connectivity index (χ0v) is 7.75. The Kier molecular flexibility index (Phi) is 2.86. The highest BCUT2D eigenvalue weighted by Crippen LogP contribution is 2.07. The maximum absolute atomic E-state index is 10.8. The first-order valence-electron chi connectivity index (χ1n) is 3.06. The minimum absolute atomic E-state index is 0.0243. The van der Waals surface area contributed by atoms with Gasteiger partial charge in [-0.1, -0.05) is 0 Å². The van der Waals surface area contributed by atoms with E-state index in [2.05, 4.69) is 0 Å². The van der Waals surface area contributed by atoms with Gasteiger partial charge in [-0.05, 0) is 20.8 Å². The topological polar surface area (TPSA) is 50.1 Å². The van der Waals surface area contributed by atoms with Crippen molar-refractivity contribution >= 4 is 9.73 Å². The lowest BCUT2D eigenvalue weighted by Gasteiger charge is -2.18. The lowest BCUT2D eigenvalue weighted by molar-refractivity contribution is 0.0266. The minimum atomic E-state index is -2.48. The number of hydrogen-bond acceptors (Lipinski definition) is 3. The molecule has 0 amide bonds. The fraction of sp³-hybridized carbons (Fsp3) is 1.00. The number of ether oxygens (including phenoxy) is 1. The molecule has 0 aliphatic rings. The molecule has 0 heterocycles. The first-order chi connectivity index (χ1) is 4.21. The van der Waals surface area contributed by atoms with Gasteiger partial charge < -0.3 is 4.74 Å². The molecule has 1 unspecified atom stereocenters. The summed E-state index contributed by atoms with van der Waals surface area (Å²) in [5.74, 6) is 0.0243. The predicted octanol–water partition coefficient (Wildman–Crippen LogP) is 1.44. The predicted molar refractivity (Wildman–Crippen MR) is 42.5 cm³/mol. The van der Waals surface area contributed by atoms with E-state index in [4.69, 9.17) is 9.52 Å². The van der Waals surface area contributed by atoms with Gasteiger partial charge in [0, 0.05) is 6.26 Å². The summed E-state index contributed by atoms with van der Waals surface area (Å²) in [7, 11) is -2.48. The Balaban J connectivity index is 3.79. The molecule has 0 aromatic heterocycles. The van der Waals surface area contributed by atoms with Crippen LogP contribution in [0.4, 0.5) is 0 Å². The van der Waals surface area contributed by atoms with Gasteiger partial charge in [0.1, 0.15) is 5.94 Å². The highest BCUT2D eigenvalue weighted by Gasteiger charge is 2.11. The Morgan fingerprint density at radius 3 is 2.00 bits per heavy atom. The molecule has 62 valence electrons. The summed E-state index contributed by atoms with van der Waals surface area (Å²) in [6.07, 6.45) is 1.37. The third-order valence-corrected chi connectivity index (χ3v) is 1.28. The Hall–Kier alpha value is -0.0900. The molecule has 0 aliphatic heterocycles. The van der Waals surface area contributed by atoms with Crippen LogP contribution < -0.4 is 0 Å². The second kappa shape index (κ2) is 2.88. The second-order valence-corrected chi connectivity index (χ2v) is 5.63. The molecule has 0 saturated heterocycles. The Bertz CT molecular complexity index is 188. The monoisotopic (exact) mass is 165 g/mol. The lowest BCUT2D eigenvalue weighted by Crippen LogP contribution is -2.22. The fourth-order valence-corrected chi connectivity index (χ4v) is 0.868. The smallest absolute Gasteiger partial charge is 0.130 e.